The molecule has 0 spiro atoms. The van der Waals surface area contributed by atoms with Gasteiger partial charge in [-0.3, -0.25) is 9.20 Å². The van der Waals surface area contributed by atoms with Gasteiger partial charge >= 0.3 is 5.63 Å². The number of carbonyl (C=O) groups excluding carboxylic acids is 1. The minimum absolute atomic E-state index is 0.00181. The van der Waals surface area contributed by atoms with Crippen molar-refractivity contribution in [3.63, 3.8) is 0 Å². The molecule has 108 valence electrons. The van der Waals surface area contributed by atoms with Gasteiger partial charge < -0.3 is 10.2 Å². The molecule has 0 atom stereocenters. The van der Waals surface area contributed by atoms with Crippen LogP contribution in [0.5, 0.6) is 0 Å². The minimum Gasteiger partial charge on any atom is -0.420 e. The maximum Gasteiger partial charge on any atom is 0.362 e. The summed E-state index contributed by atoms with van der Waals surface area (Å²) in [4.78, 5) is 27.0. The van der Waals surface area contributed by atoms with Crippen molar-refractivity contribution in [2.75, 3.05) is 6.26 Å². The van der Waals surface area contributed by atoms with E-state index in [0.29, 0.717) is 0 Å². The first-order valence-electron chi connectivity index (χ1n) is 5.73. The van der Waals surface area contributed by atoms with Crippen molar-refractivity contribution in [3.8, 4) is 0 Å². The maximum atomic E-state index is 11.8. The second-order valence-corrected chi connectivity index (χ2v) is 6.47. The fourth-order valence-corrected chi connectivity index (χ4v) is 2.70. The first-order valence-corrected chi connectivity index (χ1v) is 7.62. The Morgan fingerprint density at radius 3 is 2.67 bits per heavy atom. The lowest BCUT2D eigenvalue weighted by Gasteiger charge is -2.05. The van der Waals surface area contributed by atoms with Crippen molar-refractivity contribution in [1.29, 1.82) is 0 Å². The first kappa shape index (κ1) is 13.3. The summed E-state index contributed by atoms with van der Waals surface area (Å²) in [6.07, 6.45) is 2.20. The zero-order valence-electron chi connectivity index (χ0n) is 10.7. The lowest BCUT2D eigenvalue weighted by atomic mass is 10.3. The Morgan fingerprint density at radius 2 is 2.05 bits per heavy atom. The molecular formula is C12H9N3O5S. The number of aromatic nitrogens is 2. The van der Waals surface area contributed by atoms with E-state index in [1.807, 2.05) is 0 Å². The Morgan fingerprint density at radius 1 is 1.33 bits per heavy atom. The van der Waals surface area contributed by atoms with E-state index in [4.69, 9.17) is 10.2 Å². The van der Waals surface area contributed by atoms with Crippen LogP contribution >= 0.6 is 0 Å². The smallest absolute Gasteiger partial charge is 0.362 e. The number of benzene rings is 1. The summed E-state index contributed by atoms with van der Waals surface area (Å²) < 4.78 is 29.5. The third-order valence-corrected chi connectivity index (χ3v) is 4.10. The second kappa shape index (κ2) is 4.16. The van der Waals surface area contributed by atoms with Crippen molar-refractivity contribution in [2.45, 2.75) is 4.90 Å². The summed E-state index contributed by atoms with van der Waals surface area (Å²) in [5.74, 6) is -1.01. The standard InChI is InChI=1S/C12H9N3O5S/c1-21(18,19)6-2-3-9-7(4-6)15-8(12(17)20-9)5-14-11(15)10(13)16/h2-5H,1H3,(H2,13,16). The van der Waals surface area contributed by atoms with E-state index >= 15 is 0 Å². The van der Waals surface area contributed by atoms with Gasteiger partial charge in [-0.2, -0.15) is 0 Å². The zero-order valence-corrected chi connectivity index (χ0v) is 11.5. The van der Waals surface area contributed by atoms with E-state index in [9.17, 15) is 18.0 Å². The van der Waals surface area contributed by atoms with Crippen LogP contribution in [0.1, 0.15) is 10.6 Å². The van der Waals surface area contributed by atoms with Crippen LogP contribution in [0.25, 0.3) is 16.6 Å². The van der Waals surface area contributed by atoms with Gasteiger partial charge in [-0.1, -0.05) is 0 Å². The summed E-state index contributed by atoms with van der Waals surface area (Å²) in [7, 11) is -3.46. The van der Waals surface area contributed by atoms with Gasteiger partial charge in [0, 0.05) is 6.26 Å². The number of sulfone groups is 1. The normalized spacial score (nSPS) is 12.0. The fraction of sp³-hybridized carbons (Fsp3) is 0.0833. The Labute approximate surface area is 117 Å². The molecular weight excluding hydrogens is 298 g/mol. The SMILES string of the molecule is CS(=O)(=O)c1ccc2oc(=O)c3cnc(C(N)=O)n3c2c1. The van der Waals surface area contributed by atoms with E-state index in [0.717, 1.165) is 12.5 Å². The van der Waals surface area contributed by atoms with Crippen molar-refractivity contribution < 1.29 is 17.6 Å². The van der Waals surface area contributed by atoms with E-state index in [1.54, 1.807) is 0 Å². The Bertz CT molecular complexity index is 1060. The lowest BCUT2D eigenvalue weighted by Crippen LogP contribution is -2.17. The number of fused-ring (bicyclic) bond motifs is 3. The number of imidazole rings is 1. The number of rotatable bonds is 2. The molecule has 0 bridgehead atoms. The average Bonchev–Trinajstić information content (AvgIpc) is 2.83. The molecule has 1 amide bonds. The third-order valence-electron chi connectivity index (χ3n) is 2.99. The summed E-state index contributed by atoms with van der Waals surface area (Å²) in [6, 6.07) is 3.96. The third kappa shape index (κ3) is 1.98. The van der Waals surface area contributed by atoms with E-state index in [-0.39, 0.29) is 27.3 Å². The number of hydrogen-bond donors (Lipinski definition) is 1. The van der Waals surface area contributed by atoms with Gasteiger partial charge in [0.2, 0.25) is 5.82 Å². The van der Waals surface area contributed by atoms with Crippen molar-refractivity contribution in [1.82, 2.24) is 9.38 Å². The molecule has 2 aromatic heterocycles. The van der Waals surface area contributed by atoms with Gasteiger partial charge in [0.05, 0.1) is 16.6 Å². The first-order chi connectivity index (χ1) is 9.79. The summed E-state index contributed by atoms with van der Waals surface area (Å²) >= 11 is 0. The molecule has 0 fully saturated rings. The zero-order chi connectivity index (χ0) is 15.4. The molecule has 0 aliphatic rings. The lowest BCUT2D eigenvalue weighted by molar-refractivity contribution is 0.0990. The molecule has 0 aliphatic heterocycles. The fourth-order valence-electron chi connectivity index (χ4n) is 2.05. The Kier molecular flexibility index (Phi) is 2.63. The number of carbonyl (C=O) groups is 1. The molecule has 2 heterocycles. The largest absolute Gasteiger partial charge is 0.420 e. The summed E-state index contributed by atoms with van der Waals surface area (Å²) in [5, 5.41) is 0. The van der Waals surface area contributed by atoms with Crippen LogP contribution in [-0.4, -0.2) is 30.0 Å². The van der Waals surface area contributed by atoms with Crippen LogP contribution in [-0.2, 0) is 9.84 Å². The molecule has 3 aromatic rings. The van der Waals surface area contributed by atoms with E-state index in [1.165, 1.54) is 22.6 Å². The summed E-state index contributed by atoms with van der Waals surface area (Å²) in [5.41, 5.74) is 4.86. The van der Waals surface area contributed by atoms with Gasteiger partial charge in [0.1, 0.15) is 0 Å². The van der Waals surface area contributed by atoms with Crippen LogP contribution in [0.4, 0.5) is 0 Å². The highest BCUT2D eigenvalue weighted by Gasteiger charge is 2.17. The highest BCUT2D eigenvalue weighted by atomic mass is 32.2. The van der Waals surface area contributed by atoms with Crippen LogP contribution in [0, 0.1) is 0 Å². The van der Waals surface area contributed by atoms with Gasteiger partial charge in [0.15, 0.2) is 20.9 Å². The second-order valence-electron chi connectivity index (χ2n) is 4.46. The topological polar surface area (TPSA) is 125 Å². The van der Waals surface area contributed by atoms with Gasteiger partial charge in [-0.05, 0) is 18.2 Å². The Hall–Kier alpha value is -2.68. The van der Waals surface area contributed by atoms with E-state index < -0.39 is 21.4 Å². The number of amides is 1. The number of nitrogens with two attached hydrogens (primary N) is 1. The molecule has 0 aliphatic carbocycles. The molecule has 1 aromatic carbocycles. The molecule has 8 nitrogen and oxygen atoms in total. The van der Waals surface area contributed by atoms with Crippen molar-refractivity contribution in [2.24, 2.45) is 5.73 Å². The van der Waals surface area contributed by atoms with Crippen LogP contribution in [0.15, 0.2) is 38.5 Å². The number of nitrogens with zero attached hydrogens (tertiary/aromatic N) is 2. The quantitative estimate of drug-likeness (QED) is 0.707. The molecule has 0 unspecified atom stereocenters. The van der Waals surface area contributed by atoms with Crippen molar-refractivity contribution >= 4 is 32.4 Å². The average molecular weight is 307 g/mol. The van der Waals surface area contributed by atoms with E-state index in [2.05, 4.69) is 4.98 Å². The molecule has 0 radical (unpaired) electrons. The molecule has 0 saturated carbocycles. The van der Waals surface area contributed by atoms with Gasteiger partial charge in [0.25, 0.3) is 5.91 Å². The monoisotopic (exact) mass is 307 g/mol. The predicted molar refractivity (Wildman–Crippen MR) is 72.9 cm³/mol. The Balaban J connectivity index is 2.58. The molecule has 2 N–H and O–H groups in total. The van der Waals surface area contributed by atoms with Crippen molar-refractivity contribution in [3.05, 3.63) is 40.6 Å². The molecule has 21 heavy (non-hydrogen) atoms. The highest BCUT2D eigenvalue weighted by Crippen LogP contribution is 2.20. The minimum atomic E-state index is -3.46. The van der Waals surface area contributed by atoms with Gasteiger partial charge in [-0.25, -0.2) is 18.2 Å². The molecule has 0 saturated heterocycles. The molecule has 3 rings (SSSR count). The van der Waals surface area contributed by atoms with Gasteiger partial charge in [-0.15, -0.1) is 0 Å². The van der Waals surface area contributed by atoms with Crippen LogP contribution < -0.4 is 11.4 Å². The molecule has 9 heteroatoms. The predicted octanol–water partition coefficient (Wildman–Crippen LogP) is -0.0569. The highest BCUT2D eigenvalue weighted by molar-refractivity contribution is 7.90. The number of hydrogen-bond acceptors (Lipinski definition) is 6. The number of primary amides is 1. The van der Waals surface area contributed by atoms with Crippen LogP contribution in [0.2, 0.25) is 0 Å². The maximum absolute atomic E-state index is 11.8. The summed E-state index contributed by atoms with van der Waals surface area (Å²) in [6.45, 7) is 0. The van der Waals surface area contributed by atoms with Crippen LogP contribution in [0.3, 0.4) is 0 Å².